The van der Waals surface area contributed by atoms with Gasteiger partial charge in [0.2, 0.25) is 6.33 Å². The van der Waals surface area contributed by atoms with Gasteiger partial charge in [0.15, 0.2) is 12.3 Å². The number of halogens is 1. The van der Waals surface area contributed by atoms with E-state index in [2.05, 4.69) is 10.3 Å². The van der Waals surface area contributed by atoms with Gasteiger partial charge < -0.3 is 17.6 Å². The number of rotatable bonds is 2. The summed E-state index contributed by atoms with van der Waals surface area (Å²) in [5.41, 5.74) is -0.0290. The van der Waals surface area contributed by atoms with Crippen LogP contribution in [0.5, 0.6) is 0 Å². The number of hydrogen-bond donors (Lipinski definition) is 2. The number of aromatic nitrogens is 3. The van der Waals surface area contributed by atoms with Crippen LogP contribution in [-0.2, 0) is 6.54 Å². The predicted octanol–water partition coefficient (Wildman–Crippen LogP) is -4.76. The molecule has 0 bridgehead atoms. The molecule has 0 aliphatic rings. The fourth-order valence-corrected chi connectivity index (χ4v) is 0.664. The number of nitrogens with two attached hydrogens (primary N) is 1. The smallest absolute Gasteiger partial charge is 0.286 e. The Balaban J connectivity index is 0.00000144. The molecule has 0 radical (unpaired) electrons. The Labute approximate surface area is 80.1 Å². The van der Waals surface area contributed by atoms with Gasteiger partial charge in [-0.05, 0) is 0 Å². The molecule has 1 aromatic heterocycles. The summed E-state index contributed by atoms with van der Waals surface area (Å²) in [7, 11) is 0. The van der Waals surface area contributed by atoms with E-state index >= 15 is 0 Å². The van der Waals surface area contributed by atoms with Gasteiger partial charge in [-0.2, -0.15) is 5.26 Å². The zero-order valence-electron chi connectivity index (χ0n) is 6.50. The largest absolute Gasteiger partial charge is 1.00 e. The molecule has 8 heteroatoms. The molecule has 13 heavy (non-hydrogen) atoms. The minimum atomic E-state index is -0.0290. The van der Waals surface area contributed by atoms with Crippen LogP contribution in [0.15, 0.2) is 17.8 Å². The van der Waals surface area contributed by atoms with E-state index in [4.69, 9.17) is 16.3 Å². The second kappa shape index (κ2) is 4.95. The lowest BCUT2D eigenvalue weighted by Crippen LogP contribution is -3.00. The highest BCUT2D eigenvalue weighted by atomic mass is 35.5. The molecular weight excluding hydrogens is 196 g/mol. The van der Waals surface area contributed by atoms with Crippen molar-refractivity contribution in [1.82, 2.24) is 9.78 Å². The normalized spacial score (nSPS) is 10.2. The van der Waals surface area contributed by atoms with Crippen molar-refractivity contribution < 1.29 is 22.3 Å². The van der Waals surface area contributed by atoms with Gasteiger partial charge in [0.05, 0.1) is 0 Å². The average molecular weight is 203 g/mol. The predicted molar refractivity (Wildman–Crippen MR) is 37.4 cm³/mol. The van der Waals surface area contributed by atoms with Gasteiger partial charge in [0, 0.05) is 5.10 Å². The van der Waals surface area contributed by atoms with Crippen molar-refractivity contribution >= 4 is 5.71 Å². The molecule has 0 unspecified atom stereocenters. The minimum Gasteiger partial charge on any atom is -1.00 e. The fourth-order valence-electron chi connectivity index (χ4n) is 0.664. The number of oxime groups is 1. The van der Waals surface area contributed by atoms with Gasteiger partial charge >= 0.3 is 0 Å². The van der Waals surface area contributed by atoms with Crippen molar-refractivity contribution in [3.8, 4) is 6.07 Å². The van der Waals surface area contributed by atoms with Crippen LogP contribution in [0.4, 0.5) is 0 Å². The first kappa shape index (κ1) is 11.2. The summed E-state index contributed by atoms with van der Waals surface area (Å²) in [5.74, 6) is 5.29. The Kier molecular flexibility index (Phi) is 4.26. The summed E-state index contributed by atoms with van der Waals surface area (Å²) in [6, 6.07) is 1.70. The third-order valence-corrected chi connectivity index (χ3v) is 1.16. The highest BCUT2D eigenvalue weighted by molar-refractivity contribution is 5.97. The first-order valence-electron chi connectivity index (χ1n) is 3.06. The van der Waals surface area contributed by atoms with Gasteiger partial charge in [0.1, 0.15) is 6.07 Å². The first-order chi connectivity index (χ1) is 5.76. The zero-order chi connectivity index (χ0) is 8.97. The van der Waals surface area contributed by atoms with Crippen molar-refractivity contribution in [2.75, 3.05) is 5.84 Å². The Morgan fingerprint density at radius 2 is 2.54 bits per heavy atom. The maximum Gasteiger partial charge on any atom is 0.286 e. The summed E-state index contributed by atoms with van der Waals surface area (Å²) < 4.78 is 2.60. The summed E-state index contributed by atoms with van der Waals surface area (Å²) in [4.78, 5) is 0. The van der Waals surface area contributed by atoms with Crippen LogP contribution in [-0.4, -0.2) is 20.7 Å². The molecule has 7 nitrogen and oxygen atoms in total. The molecule has 0 saturated carbocycles. The van der Waals surface area contributed by atoms with E-state index in [0.717, 1.165) is 0 Å². The van der Waals surface area contributed by atoms with E-state index in [1.165, 1.54) is 22.0 Å². The van der Waals surface area contributed by atoms with Crippen molar-refractivity contribution in [1.29, 1.82) is 5.26 Å². The summed E-state index contributed by atoms with van der Waals surface area (Å²) in [6.45, 7) is 0.108. The SMILES string of the molecule is N#C/C(Cn1c[n+](N)cn1)=N\O.[Cl-]. The molecule has 0 spiro atoms. The number of hydrogen-bond acceptors (Lipinski definition) is 5. The number of nitrogen functional groups attached to an aromatic ring is 1. The van der Waals surface area contributed by atoms with Gasteiger partial charge in [-0.15, -0.1) is 9.36 Å². The van der Waals surface area contributed by atoms with E-state index in [1.54, 1.807) is 6.07 Å². The van der Waals surface area contributed by atoms with E-state index in [0.29, 0.717) is 0 Å². The van der Waals surface area contributed by atoms with Gasteiger partial charge in [-0.3, -0.25) is 5.84 Å². The molecule has 0 saturated heterocycles. The zero-order valence-corrected chi connectivity index (χ0v) is 7.26. The summed E-state index contributed by atoms with van der Waals surface area (Å²) in [5, 5.41) is 23.2. The Morgan fingerprint density at radius 1 is 1.85 bits per heavy atom. The molecule has 0 fully saturated rings. The lowest BCUT2D eigenvalue weighted by molar-refractivity contribution is -0.639. The number of nitriles is 1. The molecule has 1 aromatic rings. The van der Waals surface area contributed by atoms with Crippen molar-refractivity contribution in [2.24, 2.45) is 5.16 Å². The first-order valence-corrected chi connectivity index (χ1v) is 3.06. The van der Waals surface area contributed by atoms with Gasteiger partial charge in [-0.1, -0.05) is 5.16 Å². The van der Waals surface area contributed by atoms with E-state index in [-0.39, 0.29) is 24.7 Å². The summed E-state index contributed by atoms with van der Waals surface area (Å²) in [6.07, 6.45) is 2.83. The van der Waals surface area contributed by atoms with Crippen LogP contribution in [0, 0.1) is 11.3 Å². The molecule has 3 N–H and O–H groups in total. The number of nitrogens with zero attached hydrogens (tertiary/aromatic N) is 5. The van der Waals surface area contributed by atoms with E-state index < -0.39 is 0 Å². The second-order valence-electron chi connectivity index (χ2n) is 2.05. The van der Waals surface area contributed by atoms with Crippen LogP contribution in [0.25, 0.3) is 0 Å². The van der Waals surface area contributed by atoms with E-state index in [9.17, 15) is 0 Å². The van der Waals surface area contributed by atoms with Crippen LogP contribution < -0.4 is 22.9 Å². The van der Waals surface area contributed by atoms with Crippen LogP contribution in [0.3, 0.4) is 0 Å². The van der Waals surface area contributed by atoms with Crippen molar-refractivity contribution in [3.63, 3.8) is 0 Å². The topological polar surface area (TPSA) is 104 Å². The highest BCUT2D eigenvalue weighted by Crippen LogP contribution is 1.81. The molecular formula is C5H7ClN6O. The van der Waals surface area contributed by atoms with Gasteiger partial charge in [-0.25, -0.2) is 0 Å². The third kappa shape index (κ3) is 2.96. The van der Waals surface area contributed by atoms with Crippen LogP contribution >= 0.6 is 0 Å². The molecule has 1 heterocycles. The molecule has 1 rings (SSSR count). The minimum absolute atomic E-state index is 0. The molecule has 0 atom stereocenters. The van der Waals surface area contributed by atoms with Crippen molar-refractivity contribution in [2.45, 2.75) is 6.54 Å². The molecule has 0 aromatic carbocycles. The Morgan fingerprint density at radius 3 is 2.92 bits per heavy atom. The standard InChI is InChI=1S/C5H6N6O.ClH/c6-1-5(9-12)2-11-4-10(7)3-8-11;/h3-4H,2,7H2;1H/b9-5+;. The maximum atomic E-state index is 8.37. The molecule has 0 amide bonds. The van der Waals surface area contributed by atoms with Crippen LogP contribution in [0.1, 0.15) is 0 Å². The summed E-state index contributed by atoms with van der Waals surface area (Å²) >= 11 is 0. The quantitative estimate of drug-likeness (QED) is 0.165. The lowest BCUT2D eigenvalue weighted by Gasteiger charge is -1.86. The average Bonchev–Trinajstić information content (AvgIpc) is 2.47. The van der Waals surface area contributed by atoms with Crippen LogP contribution in [0.2, 0.25) is 0 Å². The fraction of sp³-hybridized carbons (Fsp3) is 0.200. The monoisotopic (exact) mass is 202 g/mol. The second-order valence-corrected chi connectivity index (χ2v) is 2.05. The highest BCUT2D eigenvalue weighted by Gasteiger charge is 2.07. The van der Waals surface area contributed by atoms with Crippen molar-refractivity contribution in [3.05, 3.63) is 12.7 Å². The van der Waals surface area contributed by atoms with E-state index in [1.807, 2.05) is 0 Å². The Bertz CT molecular complexity index is 339. The Hall–Kier alpha value is -1.81. The lowest BCUT2D eigenvalue weighted by atomic mass is 10.4. The molecule has 70 valence electrons. The molecule has 0 aliphatic carbocycles. The van der Waals surface area contributed by atoms with Gasteiger partial charge in [0.25, 0.3) is 6.33 Å². The maximum absolute atomic E-state index is 8.37. The third-order valence-electron chi connectivity index (χ3n) is 1.16. The molecule has 0 aliphatic heterocycles.